The van der Waals surface area contributed by atoms with Gasteiger partial charge in [0.2, 0.25) is 5.91 Å². The van der Waals surface area contributed by atoms with Gasteiger partial charge in [-0.2, -0.15) is 0 Å². The molecule has 2 fully saturated rings. The monoisotopic (exact) mass is 268 g/mol. The molecule has 0 bridgehead atoms. The molecule has 19 heavy (non-hydrogen) atoms. The number of hydrogen-bond acceptors (Lipinski definition) is 3. The van der Waals surface area contributed by atoms with Gasteiger partial charge >= 0.3 is 0 Å². The maximum absolute atomic E-state index is 12.3. The fourth-order valence-electron chi connectivity index (χ4n) is 3.14. The molecule has 0 aromatic rings. The predicted molar refractivity (Wildman–Crippen MR) is 75.8 cm³/mol. The third-order valence-corrected chi connectivity index (χ3v) is 4.29. The second kappa shape index (κ2) is 7.25. The number of carbonyl (C=O) groups excluding carboxylic acids is 1. The van der Waals surface area contributed by atoms with Crippen LogP contribution in [0.15, 0.2) is 0 Å². The molecule has 110 valence electrons. The van der Waals surface area contributed by atoms with Gasteiger partial charge in [0.15, 0.2) is 0 Å². The molecule has 0 saturated carbocycles. The number of ether oxygens (including phenoxy) is 1. The first kappa shape index (κ1) is 14.8. The highest BCUT2D eigenvalue weighted by Gasteiger charge is 2.37. The Morgan fingerprint density at radius 3 is 2.79 bits per heavy atom. The van der Waals surface area contributed by atoms with E-state index in [-0.39, 0.29) is 18.1 Å². The Morgan fingerprint density at radius 2 is 2.16 bits per heavy atom. The summed E-state index contributed by atoms with van der Waals surface area (Å²) in [5.74, 6) is 0.289. The van der Waals surface area contributed by atoms with Crippen molar-refractivity contribution in [2.45, 2.75) is 77.1 Å². The Bertz CT molecular complexity index is 290. The molecule has 3 unspecified atom stereocenters. The normalized spacial score (nSPS) is 32.0. The predicted octanol–water partition coefficient (Wildman–Crippen LogP) is 2.28. The molecule has 1 N–H and O–H groups in total. The second-order valence-corrected chi connectivity index (χ2v) is 5.74. The van der Waals surface area contributed by atoms with E-state index in [0.29, 0.717) is 6.10 Å². The fraction of sp³-hybridized carbons (Fsp3) is 0.933. The molecule has 0 aliphatic carbocycles. The number of carbonyl (C=O) groups is 1. The average Bonchev–Trinajstić information content (AvgIpc) is 2.74. The molecule has 2 aliphatic heterocycles. The molecule has 1 amide bonds. The summed E-state index contributed by atoms with van der Waals surface area (Å²) in [6.45, 7) is 5.99. The fourth-order valence-corrected chi connectivity index (χ4v) is 3.14. The van der Waals surface area contributed by atoms with E-state index in [1.54, 1.807) is 0 Å². The Labute approximate surface area is 116 Å². The molecule has 2 saturated heterocycles. The van der Waals surface area contributed by atoms with Crippen molar-refractivity contribution < 1.29 is 9.53 Å². The van der Waals surface area contributed by atoms with Crippen LogP contribution in [-0.4, -0.2) is 42.3 Å². The summed E-state index contributed by atoms with van der Waals surface area (Å²) in [5, 5.41) is 3.46. The Balaban J connectivity index is 1.86. The topological polar surface area (TPSA) is 41.6 Å². The van der Waals surface area contributed by atoms with E-state index in [9.17, 15) is 4.79 Å². The smallest absolute Gasteiger partial charge is 0.241 e. The summed E-state index contributed by atoms with van der Waals surface area (Å²) < 4.78 is 5.76. The number of amides is 1. The summed E-state index contributed by atoms with van der Waals surface area (Å²) in [4.78, 5) is 14.4. The van der Waals surface area contributed by atoms with E-state index in [2.05, 4.69) is 24.1 Å². The molecule has 2 heterocycles. The van der Waals surface area contributed by atoms with Crippen LogP contribution in [0.5, 0.6) is 0 Å². The highest BCUT2D eigenvalue weighted by molar-refractivity contribution is 5.84. The molecule has 2 aliphatic rings. The number of rotatable bonds is 6. The van der Waals surface area contributed by atoms with E-state index in [4.69, 9.17) is 4.74 Å². The zero-order valence-corrected chi connectivity index (χ0v) is 12.4. The first-order valence-corrected chi connectivity index (χ1v) is 7.94. The molecule has 0 aromatic carbocycles. The van der Waals surface area contributed by atoms with E-state index < -0.39 is 0 Å². The van der Waals surface area contributed by atoms with Crippen molar-refractivity contribution in [1.82, 2.24) is 10.2 Å². The first-order valence-electron chi connectivity index (χ1n) is 7.94. The third kappa shape index (κ3) is 3.69. The molecule has 3 atom stereocenters. The molecule has 4 nitrogen and oxygen atoms in total. The minimum Gasteiger partial charge on any atom is -0.378 e. The van der Waals surface area contributed by atoms with Crippen LogP contribution in [0.1, 0.15) is 58.8 Å². The van der Waals surface area contributed by atoms with Crippen molar-refractivity contribution in [3.63, 3.8) is 0 Å². The highest BCUT2D eigenvalue weighted by atomic mass is 16.5. The molecule has 2 rings (SSSR count). The lowest BCUT2D eigenvalue weighted by Gasteiger charge is -2.28. The van der Waals surface area contributed by atoms with Gasteiger partial charge in [0.05, 0.1) is 18.3 Å². The third-order valence-electron chi connectivity index (χ3n) is 4.29. The molecule has 0 aromatic heterocycles. The Kier molecular flexibility index (Phi) is 5.64. The first-order chi connectivity index (χ1) is 9.26. The summed E-state index contributed by atoms with van der Waals surface area (Å²) >= 11 is 0. The van der Waals surface area contributed by atoms with E-state index >= 15 is 0 Å². The largest absolute Gasteiger partial charge is 0.378 e. The highest BCUT2D eigenvalue weighted by Crippen LogP contribution is 2.21. The van der Waals surface area contributed by atoms with Crippen molar-refractivity contribution in [1.29, 1.82) is 0 Å². The van der Waals surface area contributed by atoms with Crippen molar-refractivity contribution in [2.75, 3.05) is 13.2 Å². The van der Waals surface area contributed by atoms with Crippen LogP contribution in [-0.2, 0) is 9.53 Å². The van der Waals surface area contributed by atoms with E-state index in [1.807, 2.05) is 0 Å². The maximum atomic E-state index is 12.3. The summed E-state index contributed by atoms with van der Waals surface area (Å²) in [6.07, 6.45) is 8.26. The Hall–Kier alpha value is -0.610. The lowest BCUT2D eigenvalue weighted by atomic mass is 10.1. The quantitative estimate of drug-likeness (QED) is 0.803. The molecule has 0 spiro atoms. The zero-order valence-electron chi connectivity index (χ0n) is 12.4. The van der Waals surface area contributed by atoms with Crippen LogP contribution in [0.25, 0.3) is 0 Å². The second-order valence-electron chi connectivity index (χ2n) is 5.74. The number of nitrogens with one attached hydrogen (secondary N) is 1. The van der Waals surface area contributed by atoms with Crippen LogP contribution in [0.3, 0.4) is 0 Å². The van der Waals surface area contributed by atoms with Gasteiger partial charge in [0.25, 0.3) is 0 Å². The lowest BCUT2D eigenvalue weighted by molar-refractivity contribution is -0.130. The zero-order chi connectivity index (χ0) is 13.7. The summed E-state index contributed by atoms with van der Waals surface area (Å²) in [6, 6.07) is 0.0313. The average molecular weight is 268 g/mol. The number of hydrogen-bond donors (Lipinski definition) is 1. The van der Waals surface area contributed by atoms with Crippen molar-refractivity contribution in [3.05, 3.63) is 0 Å². The van der Waals surface area contributed by atoms with Gasteiger partial charge < -0.3 is 9.64 Å². The van der Waals surface area contributed by atoms with Crippen molar-refractivity contribution in [3.8, 4) is 0 Å². The van der Waals surface area contributed by atoms with Gasteiger partial charge in [0, 0.05) is 13.2 Å². The summed E-state index contributed by atoms with van der Waals surface area (Å²) in [5.41, 5.74) is 0. The molecule has 0 radical (unpaired) electrons. The Morgan fingerprint density at radius 1 is 1.32 bits per heavy atom. The molecule has 4 heteroatoms. The van der Waals surface area contributed by atoms with Crippen molar-refractivity contribution in [2.24, 2.45) is 0 Å². The van der Waals surface area contributed by atoms with E-state index in [1.165, 1.54) is 12.8 Å². The van der Waals surface area contributed by atoms with Crippen LogP contribution < -0.4 is 5.32 Å². The van der Waals surface area contributed by atoms with Gasteiger partial charge in [-0.3, -0.25) is 10.1 Å². The molecular weight excluding hydrogens is 240 g/mol. The van der Waals surface area contributed by atoms with Gasteiger partial charge in [0.1, 0.15) is 0 Å². The van der Waals surface area contributed by atoms with Gasteiger partial charge in [-0.1, -0.05) is 20.3 Å². The SMILES string of the molecule is CCCC1NC(CC)C(=O)N1CCC1CCCCO1. The van der Waals surface area contributed by atoms with Crippen LogP contribution in [0.2, 0.25) is 0 Å². The van der Waals surface area contributed by atoms with Gasteiger partial charge in [-0.05, 0) is 38.5 Å². The lowest BCUT2D eigenvalue weighted by Crippen LogP contribution is -2.39. The minimum absolute atomic E-state index is 0.0313. The van der Waals surface area contributed by atoms with Crippen LogP contribution in [0.4, 0.5) is 0 Å². The van der Waals surface area contributed by atoms with E-state index in [0.717, 1.165) is 45.3 Å². The molecular formula is C15H28N2O2. The standard InChI is InChI=1S/C15H28N2O2/c1-3-7-14-16-13(4-2)15(18)17(14)10-9-12-8-5-6-11-19-12/h12-14,16H,3-11H2,1-2H3. The maximum Gasteiger partial charge on any atom is 0.241 e. The minimum atomic E-state index is 0.0313. The van der Waals surface area contributed by atoms with Gasteiger partial charge in [-0.15, -0.1) is 0 Å². The summed E-state index contributed by atoms with van der Waals surface area (Å²) in [7, 11) is 0. The van der Waals surface area contributed by atoms with Gasteiger partial charge in [-0.25, -0.2) is 0 Å². The van der Waals surface area contributed by atoms with Crippen LogP contribution in [0, 0.1) is 0 Å². The van der Waals surface area contributed by atoms with Crippen molar-refractivity contribution >= 4 is 5.91 Å². The number of nitrogens with zero attached hydrogens (tertiary/aromatic N) is 1. The van der Waals surface area contributed by atoms with Crippen LogP contribution >= 0.6 is 0 Å².